The van der Waals surface area contributed by atoms with Crippen LogP contribution in [0.4, 0.5) is 0 Å². The predicted molar refractivity (Wildman–Crippen MR) is 75.7 cm³/mol. The first-order chi connectivity index (χ1) is 10.2. The molecule has 3 rings (SSSR count). The highest BCUT2D eigenvalue weighted by atomic mass is 16.4. The summed E-state index contributed by atoms with van der Waals surface area (Å²) < 4.78 is 5.24. The van der Waals surface area contributed by atoms with Crippen molar-refractivity contribution in [3.63, 3.8) is 0 Å². The number of aliphatic carboxylic acids is 1. The number of carbonyl (C=O) groups is 2. The molecule has 1 amide bonds. The quantitative estimate of drug-likeness (QED) is 0.925. The number of aryl methyl sites for hydroxylation is 1. The van der Waals surface area contributed by atoms with Crippen molar-refractivity contribution >= 4 is 11.9 Å². The summed E-state index contributed by atoms with van der Waals surface area (Å²) in [5.41, 5.74) is 0. The van der Waals surface area contributed by atoms with Crippen molar-refractivity contribution in [1.82, 2.24) is 4.90 Å². The van der Waals surface area contributed by atoms with Crippen LogP contribution in [0.25, 0.3) is 0 Å². The number of fused-ring (bicyclic) bond motifs is 1. The lowest BCUT2D eigenvalue weighted by atomic mass is 9.84. The topological polar surface area (TPSA) is 70.8 Å². The fourth-order valence-corrected chi connectivity index (χ4v) is 3.85. The second-order valence-electron chi connectivity index (χ2n) is 6.08. The fraction of sp³-hybridized carbons (Fsp3) is 0.625. The average Bonchev–Trinajstić information content (AvgIpc) is 3.11. The van der Waals surface area contributed by atoms with Crippen LogP contribution in [0, 0.1) is 5.92 Å². The molecule has 1 aliphatic carbocycles. The lowest BCUT2D eigenvalue weighted by Crippen LogP contribution is -2.46. The number of carboxylic acids is 1. The molecule has 5 nitrogen and oxygen atoms in total. The molecular formula is C16H21NO4. The normalized spacial score (nSPS) is 28.4. The number of rotatable bonds is 4. The van der Waals surface area contributed by atoms with Gasteiger partial charge in [-0.25, -0.2) is 4.79 Å². The Bertz CT molecular complexity index is 510. The van der Waals surface area contributed by atoms with E-state index < -0.39 is 12.0 Å². The van der Waals surface area contributed by atoms with Crippen molar-refractivity contribution in [2.45, 2.75) is 57.0 Å². The van der Waals surface area contributed by atoms with Crippen LogP contribution in [0.1, 0.15) is 44.3 Å². The van der Waals surface area contributed by atoms with Crippen LogP contribution in [0.5, 0.6) is 0 Å². The zero-order chi connectivity index (χ0) is 14.8. The van der Waals surface area contributed by atoms with Crippen LogP contribution >= 0.6 is 0 Å². The fourth-order valence-electron chi connectivity index (χ4n) is 3.85. The van der Waals surface area contributed by atoms with Crippen LogP contribution in [-0.4, -0.2) is 34.0 Å². The van der Waals surface area contributed by atoms with Gasteiger partial charge in [-0.3, -0.25) is 4.79 Å². The summed E-state index contributed by atoms with van der Waals surface area (Å²) in [6.45, 7) is 0. The van der Waals surface area contributed by atoms with Crippen LogP contribution in [-0.2, 0) is 16.0 Å². The minimum atomic E-state index is -0.865. The molecule has 1 saturated heterocycles. The van der Waals surface area contributed by atoms with E-state index in [1.54, 1.807) is 17.2 Å². The van der Waals surface area contributed by atoms with Gasteiger partial charge in [0.1, 0.15) is 11.8 Å². The number of nitrogens with zero attached hydrogens (tertiary/aromatic N) is 1. The van der Waals surface area contributed by atoms with Gasteiger partial charge in [0.25, 0.3) is 0 Å². The van der Waals surface area contributed by atoms with Crippen LogP contribution in [0.15, 0.2) is 22.8 Å². The lowest BCUT2D eigenvalue weighted by Gasteiger charge is -2.33. The van der Waals surface area contributed by atoms with Gasteiger partial charge in [-0.1, -0.05) is 12.8 Å². The Labute approximate surface area is 123 Å². The minimum absolute atomic E-state index is 0.0480. The van der Waals surface area contributed by atoms with Crippen LogP contribution < -0.4 is 0 Å². The molecule has 1 aliphatic heterocycles. The van der Waals surface area contributed by atoms with Gasteiger partial charge in [-0.2, -0.15) is 0 Å². The zero-order valence-corrected chi connectivity index (χ0v) is 12.0. The third-order valence-corrected chi connectivity index (χ3v) is 4.83. The molecule has 2 aliphatic rings. The van der Waals surface area contributed by atoms with E-state index in [2.05, 4.69) is 0 Å². The second-order valence-corrected chi connectivity index (χ2v) is 6.08. The third-order valence-electron chi connectivity index (χ3n) is 4.83. The second kappa shape index (κ2) is 5.92. The number of amides is 1. The van der Waals surface area contributed by atoms with E-state index in [9.17, 15) is 14.7 Å². The number of likely N-dealkylation sites (tertiary alicyclic amines) is 1. The standard InChI is InChI=1S/C16H21NO4/c18-15(8-7-12-5-3-9-21-12)17-13-6-2-1-4-11(13)10-14(17)16(19)20/h3,5,9,11,13-14H,1-2,4,6-8,10H2,(H,19,20)/t11-,13+,14-/m0/s1. The van der Waals surface area contributed by atoms with Gasteiger partial charge in [-0.05, 0) is 37.3 Å². The molecule has 0 aromatic carbocycles. The predicted octanol–water partition coefficient (Wildman–Crippen LogP) is 2.46. The Morgan fingerprint density at radius 3 is 2.86 bits per heavy atom. The molecule has 1 aromatic rings. The molecule has 5 heteroatoms. The maximum absolute atomic E-state index is 12.5. The van der Waals surface area contributed by atoms with Crippen molar-refractivity contribution in [2.24, 2.45) is 5.92 Å². The molecule has 0 radical (unpaired) electrons. The summed E-state index contributed by atoms with van der Waals surface area (Å²) in [6, 6.07) is 3.13. The Hall–Kier alpha value is -1.78. The molecule has 2 heterocycles. The average molecular weight is 291 g/mol. The Balaban J connectivity index is 1.70. The molecule has 1 saturated carbocycles. The summed E-state index contributed by atoms with van der Waals surface area (Å²) in [5.74, 6) is 0.228. The first kappa shape index (κ1) is 14.2. The van der Waals surface area contributed by atoms with E-state index in [-0.39, 0.29) is 11.9 Å². The molecule has 0 bridgehead atoms. The van der Waals surface area contributed by atoms with Crippen LogP contribution in [0.2, 0.25) is 0 Å². The summed E-state index contributed by atoms with van der Waals surface area (Å²) in [6.07, 6.45) is 7.31. The zero-order valence-electron chi connectivity index (χ0n) is 12.0. The SMILES string of the molecule is O=C(O)[C@@H]1C[C@@H]2CCCC[C@H]2N1C(=O)CCc1ccco1. The van der Waals surface area contributed by atoms with Gasteiger partial charge in [0.2, 0.25) is 5.91 Å². The van der Waals surface area contributed by atoms with Crippen molar-refractivity contribution in [3.8, 4) is 0 Å². The Morgan fingerprint density at radius 2 is 2.14 bits per heavy atom. The summed E-state index contributed by atoms with van der Waals surface area (Å²) in [5, 5.41) is 9.42. The first-order valence-electron chi connectivity index (χ1n) is 7.73. The van der Waals surface area contributed by atoms with E-state index in [1.165, 1.54) is 0 Å². The summed E-state index contributed by atoms with van der Waals surface area (Å²) >= 11 is 0. The monoisotopic (exact) mass is 291 g/mol. The molecule has 114 valence electrons. The molecule has 1 aromatic heterocycles. The van der Waals surface area contributed by atoms with Gasteiger partial charge in [-0.15, -0.1) is 0 Å². The number of carbonyl (C=O) groups excluding carboxylic acids is 1. The summed E-state index contributed by atoms with van der Waals surface area (Å²) in [4.78, 5) is 25.7. The number of hydrogen-bond acceptors (Lipinski definition) is 3. The van der Waals surface area contributed by atoms with E-state index in [1.807, 2.05) is 6.07 Å². The molecule has 0 spiro atoms. The number of carboxylic acid groups (broad SMARTS) is 1. The number of furan rings is 1. The first-order valence-corrected chi connectivity index (χ1v) is 7.73. The van der Waals surface area contributed by atoms with Gasteiger partial charge in [0.15, 0.2) is 0 Å². The van der Waals surface area contributed by atoms with Gasteiger partial charge < -0.3 is 14.4 Å². The highest BCUT2D eigenvalue weighted by Gasteiger charge is 2.47. The molecule has 2 fully saturated rings. The highest BCUT2D eigenvalue weighted by Crippen LogP contribution is 2.40. The third kappa shape index (κ3) is 2.82. The maximum Gasteiger partial charge on any atom is 0.326 e. The van der Waals surface area contributed by atoms with Gasteiger partial charge in [0.05, 0.1) is 6.26 Å². The van der Waals surface area contributed by atoms with Crippen molar-refractivity contribution in [2.75, 3.05) is 0 Å². The summed E-state index contributed by atoms with van der Waals surface area (Å²) in [7, 11) is 0. The van der Waals surface area contributed by atoms with Gasteiger partial charge >= 0.3 is 5.97 Å². The largest absolute Gasteiger partial charge is 0.480 e. The molecule has 3 atom stereocenters. The minimum Gasteiger partial charge on any atom is -0.480 e. The molecular weight excluding hydrogens is 270 g/mol. The molecule has 21 heavy (non-hydrogen) atoms. The molecule has 1 N–H and O–H groups in total. The van der Waals surface area contributed by atoms with Crippen molar-refractivity contribution in [1.29, 1.82) is 0 Å². The number of hydrogen-bond donors (Lipinski definition) is 1. The van der Waals surface area contributed by atoms with Gasteiger partial charge in [0, 0.05) is 18.9 Å². The highest BCUT2D eigenvalue weighted by molar-refractivity contribution is 5.84. The smallest absolute Gasteiger partial charge is 0.326 e. The van der Waals surface area contributed by atoms with Crippen molar-refractivity contribution < 1.29 is 19.1 Å². The Kier molecular flexibility index (Phi) is 3.99. The molecule has 0 unspecified atom stereocenters. The van der Waals surface area contributed by atoms with Crippen LogP contribution in [0.3, 0.4) is 0 Å². The van der Waals surface area contributed by atoms with E-state index in [0.717, 1.165) is 31.4 Å². The van der Waals surface area contributed by atoms with E-state index in [4.69, 9.17) is 4.42 Å². The van der Waals surface area contributed by atoms with E-state index in [0.29, 0.717) is 25.2 Å². The Morgan fingerprint density at radius 1 is 1.33 bits per heavy atom. The maximum atomic E-state index is 12.5. The van der Waals surface area contributed by atoms with E-state index >= 15 is 0 Å². The van der Waals surface area contributed by atoms with Crippen molar-refractivity contribution in [3.05, 3.63) is 24.2 Å². The lowest BCUT2D eigenvalue weighted by molar-refractivity contribution is -0.149.